The maximum absolute atomic E-state index is 12.3. The number of carbonyl (C=O) groups is 1. The molecule has 0 atom stereocenters. The van der Waals surface area contributed by atoms with E-state index in [1.807, 2.05) is 36.4 Å². The highest BCUT2D eigenvalue weighted by Gasteiger charge is 2.09. The minimum Gasteiger partial charge on any atom is -0.496 e. The smallest absolute Gasteiger partial charge is 0.271 e. The van der Waals surface area contributed by atoms with E-state index in [1.165, 1.54) is 11.8 Å². The largest absolute Gasteiger partial charge is 0.496 e. The van der Waals surface area contributed by atoms with Crippen LogP contribution in [0, 0.1) is 0 Å². The molecular formula is C22H24N4O2. The summed E-state index contributed by atoms with van der Waals surface area (Å²) in [5.41, 5.74) is 3.54. The standard InChI is InChI=1S/C22H24N4O2/c1-3-16-8-10-18(11-9-16)26-21-15-24-19(14-25-21)22(27)23-13-12-17-6-4-5-7-20(17)28-2/h4-11,14-15H,3,12-13H2,1-2H3,(H,23,27)(H,25,26). The van der Waals surface area contributed by atoms with Gasteiger partial charge in [-0.25, -0.2) is 9.97 Å². The maximum atomic E-state index is 12.3. The second-order valence-corrected chi connectivity index (χ2v) is 6.28. The summed E-state index contributed by atoms with van der Waals surface area (Å²) >= 11 is 0. The molecule has 0 radical (unpaired) electrons. The number of rotatable bonds is 8. The van der Waals surface area contributed by atoms with Crippen molar-refractivity contribution in [2.75, 3.05) is 19.0 Å². The topological polar surface area (TPSA) is 76.1 Å². The maximum Gasteiger partial charge on any atom is 0.271 e. The van der Waals surface area contributed by atoms with E-state index in [-0.39, 0.29) is 11.6 Å². The van der Waals surface area contributed by atoms with Gasteiger partial charge in [0.25, 0.3) is 5.91 Å². The summed E-state index contributed by atoms with van der Waals surface area (Å²) < 4.78 is 5.32. The first-order chi connectivity index (χ1) is 13.7. The fourth-order valence-corrected chi connectivity index (χ4v) is 2.79. The van der Waals surface area contributed by atoms with Crippen LogP contribution in [0.15, 0.2) is 60.9 Å². The van der Waals surface area contributed by atoms with Gasteiger partial charge in [0.1, 0.15) is 17.3 Å². The predicted octanol–water partition coefficient (Wildman–Crippen LogP) is 3.76. The number of hydrogen-bond donors (Lipinski definition) is 2. The second kappa shape index (κ2) is 9.50. The van der Waals surface area contributed by atoms with Gasteiger partial charge in [0.15, 0.2) is 0 Å². The first-order valence-corrected chi connectivity index (χ1v) is 9.27. The van der Waals surface area contributed by atoms with E-state index in [0.717, 1.165) is 23.4 Å². The second-order valence-electron chi connectivity index (χ2n) is 6.28. The number of nitrogens with zero attached hydrogens (tertiary/aromatic N) is 2. The molecule has 2 N–H and O–H groups in total. The Labute approximate surface area is 165 Å². The number of hydrogen-bond acceptors (Lipinski definition) is 5. The Balaban J connectivity index is 1.53. The van der Waals surface area contributed by atoms with E-state index in [4.69, 9.17) is 4.74 Å². The van der Waals surface area contributed by atoms with Crippen LogP contribution in [0.25, 0.3) is 0 Å². The quantitative estimate of drug-likeness (QED) is 0.626. The molecule has 1 aromatic heterocycles. The third kappa shape index (κ3) is 5.07. The zero-order valence-electron chi connectivity index (χ0n) is 16.1. The molecule has 6 heteroatoms. The lowest BCUT2D eigenvalue weighted by molar-refractivity contribution is 0.0948. The molecule has 28 heavy (non-hydrogen) atoms. The van der Waals surface area contributed by atoms with Gasteiger partial charge < -0.3 is 15.4 Å². The summed E-state index contributed by atoms with van der Waals surface area (Å²) in [6, 6.07) is 15.9. The zero-order valence-corrected chi connectivity index (χ0v) is 16.1. The number of methoxy groups -OCH3 is 1. The van der Waals surface area contributed by atoms with Crippen LogP contribution < -0.4 is 15.4 Å². The molecule has 0 fully saturated rings. The summed E-state index contributed by atoms with van der Waals surface area (Å²) in [6.07, 6.45) is 4.71. The lowest BCUT2D eigenvalue weighted by Crippen LogP contribution is -2.26. The van der Waals surface area contributed by atoms with E-state index in [2.05, 4.69) is 39.7 Å². The molecule has 1 heterocycles. The molecule has 144 valence electrons. The number of carbonyl (C=O) groups excluding carboxylic acids is 1. The van der Waals surface area contributed by atoms with Crippen molar-refractivity contribution in [3.63, 3.8) is 0 Å². The third-order valence-corrected chi connectivity index (χ3v) is 4.39. The Hall–Kier alpha value is -3.41. The highest BCUT2D eigenvalue weighted by molar-refractivity contribution is 5.92. The number of amides is 1. The number of anilines is 2. The van der Waals surface area contributed by atoms with Gasteiger partial charge in [0.05, 0.1) is 19.5 Å². The molecule has 0 spiro atoms. The number of benzene rings is 2. The predicted molar refractivity (Wildman–Crippen MR) is 110 cm³/mol. The van der Waals surface area contributed by atoms with Crippen LogP contribution >= 0.6 is 0 Å². The molecule has 3 aromatic rings. The molecule has 0 bridgehead atoms. The van der Waals surface area contributed by atoms with E-state index < -0.39 is 0 Å². The number of aromatic nitrogens is 2. The van der Waals surface area contributed by atoms with Crippen LogP contribution in [0.4, 0.5) is 11.5 Å². The van der Waals surface area contributed by atoms with Crippen molar-refractivity contribution in [3.8, 4) is 5.75 Å². The molecule has 2 aromatic carbocycles. The molecule has 3 rings (SSSR count). The van der Waals surface area contributed by atoms with Gasteiger partial charge in [-0.05, 0) is 42.2 Å². The van der Waals surface area contributed by atoms with Crippen molar-refractivity contribution < 1.29 is 9.53 Å². The van der Waals surface area contributed by atoms with E-state index in [1.54, 1.807) is 13.3 Å². The Morgan fingerprint density at radius 3 is 2.50 bits per heavy atom. The summed E-state index contributed by atoms with van der Waals surface area (Å²) in [7, 11) is 1.64. The van der Waals surface area contributed by atoms with Crippen molar-refractivity contribution in [2.24, 2.45) is 0 Å². The van der Waals surface area contributed by atoms with Crippen LogP contribution in [0.5, 0.6) is 5.75 Å². The van der Waals surface area contributed by atoms with Crippen LogP contribution in [0.1, 0.15) is 28.5 Å². The van der Waals surface area contributed by atoms with Gasteiger partial charge in [-0.15, -0.1) is 0 Å². The van der Waals surface area contributed by atoms with Gasteiger partial charge >= 0.3 is 0 Å². The summed E-state index contributed by atoms with van der Waals surface area (Å²) in [6.45, 7) is 2.61. The summed E-state index contributed by atoms with van der Waals surface area (Å²) in [4.78, 5) is 20.7. The SMILES string of the molecule is CCc1ccc(Nc2cnc(C(=O)NCCc3ccccc3OC)cn2)cc1. The van der Waals surface area contributed by atoms with Gasteiger partial charge in [-0.1, -0.05) is 37.3 Å². The normalized spacial score (nSPS) is 10.4. The lowest BCUT2D eigenvalue weighted by atomic mass is 10.1. The van der Waals surface area contributed by atoms with Gasteiger partial charge in [0, 0.05) is 12.2 Å². The number of para-hydroxylation sites is 1. The molecule has 0 aliphatic rings. The summed E-state index contributed by atoms with van der Waals surface area (Å²) in [5, 5.41) is 6.04. The average molecular weight is 376 g/mol. The molecule has 0 aliphatic carbocycles. The van der Waals surface area contributed by atoms with Crippen molar-refractivity contribution in [2.45, 2.75) is 19.8 Å². The van der Waals surface area contributed by atoms with Gasteiger partial charge in [-0.2, -0.15) is 0 Å². The van der Waals surface area contributed by atoms with E-state index >= 15 is 0 Å². The van der Waals surface area contributed by atoms with Crippen LogP contribution in [0.2, 0.25) is 0 Å². The molecule has 6 nitrogen and oxygen atoms in total. The Bertz CT molecular complexity index is 909. The van der Waals surface area contributed by atoms with Gasteiger partial charge in [0.2, 0.25) is 0 Å². The molecule has 0 aliphatic heterocycles. The van der Waals surface area contributed by atoms with Crippen molar-refractivity contribution in [3.05, 3.63) is 77.7 Å². The Kier molecular flexibility index (Phi) is 6.57. The monoisotopic (exact) mass is 376 g/mol. The fraction of sp³-hybridized carbons (Fsp3) is 0.227. The van der Waals surface area contributed by atoms with Crippen molar-refractivity contribution in [1.29, 1.82) is 0 Å². The number of nitrogens with one attached hydrogen (secondary N) is 2. The van der Waals surface area contributed by atoms with Crippen LogP contribution in [-0.2, 0) is 12.8 Å². The van der Waals surface area contributed by atoms with Gasteiger partial charge in [-0.3, -0.25) is 4.79 Å². The average Bonchev–Trinajstić information content (AvgIpc) is 2.75. The first-order valence-electron chi connectivity index (χ1n) is 9.27. The minimum atomic E-state index is -0.249. The Morgan fingerprint density at radius 2 is 1.82 bits per heavy atom. The van der Waals surface area contributed by atoms with Crippen LogP contribution in [-0.4, -0.2) is 29.5 Å². The fourth-order valence-electron chi connectivity index (χ4n) is 2.79. The Morgan fingerprint density at radius 1 is 1.04 bits per heavy atom. The van der Waals surface area contributed by atoms with Crippen molar-refractivity contribution >= 4 is 17.4 Å². The highest BCUT2D eigenvalue weighted by atomic mass is 16.5. The first kappa shape index (κ1) is 19.4. The highest BCUT2D eigenvalue weighted by Crippen LogP contribution is 2.17. The molecule has 1 amide bonds. The number of aryl methyl sites for hydroxylation is 1. The molecular weight excluding hydrogens is 352 g/mol. The lowest BCUT2D eigenvalue weighted by Gasteiger charge is -2.09. The molecule has 0 unspecified atom stereocenters. The third-order valence-electron chi connectivity index (χ3n) is 4.39. The minimum absolute atomic E-state index is 0.249. The van der Waals surface area contributed by atoms with Crippen molar-refractivity contribution in [1.82, 2.24) is 15.3 Å². The summed E-state index contributed by atoms with van der Waals surface area (Å²) in [5.74, 6) is 1.16. The van der Waals surface area contributed by atoms with E-state index in [9.17, 15) is 4.79 Å². The molecule has 0 saturated heterocycles. The van der Waals surface area contributed by atoms with E-state index in [0.29, 0.717) is 18.8 Å². The van der Waals surface area contributed by atoms with Crippen LogP contribution in [0.3, 0.4) is 0 Å². The zero-order chi connectivity index (χ0) is 19.8. The molecule has 0 saturated carbocycles. The number of ether oxygens (including phenoxy) is 1.